The van der Waals surface area contributed by atoms with Crippen LogP contribution in [-0.2, 0) is 9.59 Å². The van der Waals surface area contributed by atoms with Crippen LogP contribution in [0.4, 0.5) is 0 Å². The number of amides is 2. The molecule has 3 rings (SSSR count). The highest BCUT2D eigenvalue weighted by atomic mass is 16.3. The number of rotatable bonds is 5. The summed E-state index contributed by atoms with van der Waals surface area (Å²) in [4.78, 5) is 26.2. The largest absolute Gasteiger partial charge is 0.468 e. The Morgan fingerprint density at radius 3 is 2.79 bits per heavy atom. The fourth-order valence-electron chi connectivity index (χ4n) is 3.24. The Labute approximate surface area is 141 Å². The number of furan rings is 1. The van der Waals surface area contributed by atoms with E-state index in [1.807, 2.05) is 12.1 Å². The van der Waals surface area contributed by atoms with E-state index in [9.17, 15) is 9.59 Å². The Morgan fingerprint density at radius 1 is 1.33 bits per heavy atom. The van der Waals surface area contributed by atoms with Crippen molar-refractivity contribution in [2.75, 3.05) is 26.7 Å². The Morgan fingerprint density at radius 2 is 2.12 bits per heavy atom. The highest BCUT2D eigenvalue weighted by Crippen LogP contribution is 2.24. The molecule has 0 bridgehead atoms. The molecule has 0 spiro atoms. The van der Waals surface area contributed by atoms with Gasteiger partial charge < -0.3 is 9.73 Å². The highest BCUT2D eigenvalue weighted by molar-refractivity contribution is 6.39. The first-order valence-electron chi connectivity index (χ1n) is 8.55. The fraction of sp³-hybridized carbons (Fsp3) is 0.588. The Balaban J connectivity index is 1.64. The van der Waals surface area contributed by atoms with E-state index in [0.717, 1.165) is 18.8 Å². The standard InChI is InChI=1S/C17H24N4O3/c1-20-16(22)8-7-13(19-20)17(23)18-12-14(15-6-5-11-24-15)21-9-3-2-4-10-21/h5-6,11,14H,2-4,7-10,12H2,1H3,(H,18,23)/t14-/m1/s1. The maximum absolute atomic E-state index is 12.4. The van der Waals surface area contributed by atoms with Crippen molar-refractivity contribution in [1.82, 2.24) is 15.2 Å². The minimum Gasteiger partial charge on any atom is -0.468 e. The molecule has 1 saturated heterocycles. The van der Waals surface area contributed by atoms with E-state index in [2.05, 4.69) is 15.3 Å². The van der Waals surface area contributed by atoms with E-state index in [-0.39, 0.29) is 17.9 Å². The van der Waals surface area contributed by atoms with Crippen LogP contribution in [0.15, 0.2) is 27.9 Å². The molecule has 1 aromatic rings. The Hall–Kier alpha value is -2.15. The van der Waals surface area contributed by atoms with Gasteiger partial charge >= 0.3 is 0 Å². The van der Waals surface area contributed by atoms with Crippen LogP contribution in [0.1, 0.15) is 43.9 Å². The smallest absolute Gasteiger partial charge is 0.267 e. The van der Waals surface area contributed by atoms with E-state index < -0.39 is 0 Å². The van der Waals surface area contributed by atoms with Crippen LogP contribution < -0.4 is 5.32 Å². The molecule has 2 aliphatic rings. The number of nitrogens with one attached hydrogen (secondary N) is 1. The third kappa shape index (κ3) is 3.84. The molecule has 0 aliphatic carbocycles. The van der Waals surface area contributed by atoms with Crippen molar-refractivity contribution in [2.45, 2.75) is 38.1 Å². The summed E-state index contributed by atoms with van der Waals surface area (Å²) in [5.41, 5.74) is 0.411. The quantitative estimate of drug-likeness (QED) is 0.887. The van der Waals surface area contributed by atoms with Gasteiger partial charge in [-0.2, -0.15) is 5.10 Å². The fourth-order valence-corrected chi connectivity index (χ4v) is 3.24. The van der Waals surface area contributed by atoms with Gasteiger partial charge in [0.2, 0.25) is 5.91 Å². The molecule has 3 heterocycles. The zero-order chi connectivity index (χ0) is 16.9. The van der Waals surface area contributed by atoms with Crippen molar-refractivity contribution in [2.24, 2.45) is 5.10 Å². The highest BCUT2D eigenvalue weighted by Gasteiger charge is 2.27. The first-order chi connectivity index (χ1) is 11.6. The van der Waals surface area contributed by atoms with Gasteiger partial charge in [0.25, 0.3) is 5.91 Å². The Bertz CT molecular complexity index is 605. The number of hydrogen-bond donors (Lipinski definition) is 1. The van der Waals surface area contributed by atoms with Gasteiger partial charge in [-0.1, -0.05) is 6.42 Å². The average molecular weight is 332 g/mol. The van der Waals surface area contributed by atoms with E-state index >= 15 is 0 Å². The van der Waals surface area contributed by atoms with Gasteiger partial charge in [0.15, 0.2) is 0 Å². The third-order valence-corrected chi connectivity index (χ3v) is 4.63. The van der Waals surface area contributed by atoms with Crippen LogP contribution in [0.25, 0.3) is 0 Å². The van der Waals surface area contributed by atoms with E-state index in [1.54, 1.807) is 13.3 Å². The van der Waals surface area contributed by atoms with Crippen molar-refractivity contribution >= 4 is 17.5 Å². The van der Waals surface area contributed by atoms with Crippen molar-refractivity contribution < 1.29 is 14.0 Å². The van der Waals surface area contributed by atoms with Gasteiger partial charge in [0, 0.05) is 26.4 Å². The molecule has 1 aromatic heterocycles. The lowest BCUT2D eigenvalue weighted by Crippen LogP contribution is -2.43. The van der Waals surface area contributed by atoms with E-state index in [4.69, 9.17) is 4.42 Å². The number of carbonyl (C=O) groups excluding carboxylic acids is 2. The molecule has 2 amide bonds. The van der Waals surface area contributed by atoms with Crippen LogP contribution in [0.5, 0.6) is 0 Å². The summed E-state index contributed by atoms with van der Waals surface area (Å²) < 4.78 is 5.58. The summed E-state index contributed by atoms with van der Waals surface area (Å²) in [6.45, 7) is 2.50. The lowest BCUT2D eigenvalue weighted by atomic mass is 10.1. The second-order valence-corrected chi connectivity index (χ2v) is 6.30. The molecule has 1 fully saturated rings. The zero-order valence-corrected chi connectivity index (χ0v) is 14.0. The molecule has 0 radical (unpaired) electrons. The summed E-state index contributed by atoms with van der Waals surface area (Å²) in [5, 5.41) is 8.27. The SMILES string of the molecule is CN1N=C(C(=O)NC[C@H](c2ccco2)N2CCCCC2)CCC1=O. The van der Waals surface area contributed by atoms with Crippen LogP contribution >= 0.6 is 0 Å². The number of hydrogen-bond acceptors (Lipinski definition) is 5. The summed E-state index contributed by atoms with van der Waals surface area (Å²) in [6, 6.07) is 3.86. The van der Waals surface area contributed by atoms with Gasteiger partial charge in [-0.25, -0.2) is 5.01 Å². The number of hydrazone groups is 1. The maximum atomic E-state index is 12.4. The third-order valence-electron chi connectivity index (χ3n) is 4.63. The molecule has 0 aromatic carbocycles. The van der Waals surface area contributed by atoms with Crippen molar-refractivity contribution in [3.05, 3.63) is 24.2 Å². The predicted molar refractivity (Wildman–Crippen MR) is 89.3 cm³/mol. The van der Waals surface area contributed by atoms with Crippen LogP contribution in [-0.4, -0.2) is 54.1 Å². The minimum absolute atomic E-state index is 0.0350. The summed E-state index contributed by atoms with van der Waals surface area (Å²) in [5.74, 6) is 0.603. The van der Waals surface area contributed by atoms with E-state index in [0.29, 0.717) is 25.1 Å². The zero-order valence-electron chi connectivity index (χ0n) is 14.0. The van der Waals surface area contributed by atoms with Gasteiger partial charge in [0.05, 0.1) is 12.3 Å². The molecular weight excluding hydrogens is 308 g/mol. The van der Waals surface area contributed by atoms with Crippen LogP contribution in [0.2, 0.25) is 0 Å². The lowest BCUT2D eigenvalue weighted by Gasteiger charge is -2.33. The average Bonchev–Trinajstić information content (AvgIpc) is 3.12. The monoisotopic (exact) mass is 332 g/mol. The molecule has 24 heavy (non-hydrogen) atoms. The van der Waals surface area contributed by atoms with Gasteiger partial charge in [-0.15, -0.1) is 0 Å². The molecule has 2 aliphatic heterocycles. The predicted octanol–water partition coefficient (Wildman–Crippen LogP) is 1.53. The normalized spacial score (nSPS) is 20.6. The molecule has 7 nitrogen and oxygen atoms in total. The number of carbonyl (C=O) groups is 2. The molecule has 1 atom stereocenters. The molecule has 7 heteroatoms. The minimum atomic E-state index is -0.206. The summed E-state index contributed by atoms with van der Waals surface area (Å²) >= 11 is 0. The molecule has 0 saturated carbocycles. The van der Waals surface area contributed by atoms with E-state index in [1.165, 1.54) is 24.3 Å². The molecule has 130 valence electrons. The Kier molecular flexibility index (Phi) is 5.30. The molecule has 0 unspecified atom stereocenters. The first-order valence-corrected chi connectivity index (χ1v) is 8.55. The van der Waals surface area contributed by atoms with Crippen molar-refractivity contribution in [3.63, 3.8) is 0 Å². The number of nitrogens with zero attached hydrogens (tertiary/aromatic N) is 3. The molecule has 1 N–H and O–H groups in total. The first kappa shape index (κ1) is 16.7. The maximum Gasteiger partial charge on any atom is 0.267 e. The van der Waals surface area contributed by atoms with Gasteiger partial charge in [-0.3, -0.25) is 14.5 Å². The number of piperidine rings is 1. The second kappa shape index (κ2) is 7.61. The van der Waals surface area contributed by atoms with Crippen LogP contribution in [0.3, 0.4) is 0 Å². The topological polar surface area (TPSA) is 78.2 Å². The van der Waals surface area contributed by atoms with Crippen molar-refractivity contribution in [3.8, 4) is 0 Å². The van der Waals surface area contributed by atoms with Gasteiger partial charge in [0.1, 0.15) is 11.5 Å². The number of likely N-dealkylation sites (tertiary alicyclic amines) is 1. The van der Waals surface area contributed by atoms with Gasteiger partial charge in [-0.05, 0) is 38.1 Å². The molecular formula is C17H24N4O3. The van der Waals surface area contributed by atoms with Crippen molar-refractivity contribution in [1.29, 1.82) is 0 Å². The second-order valence-electron chi connectivity index (χ2n) is 6.30. The van der Waals surface area contributed by atoms with Crippen LogP contribution in [0, 0.1) is 0 Å². The lowest BCUT2D eigenvalue weighted by molar-refractivity contribution is -0.130. The summed E-state index contributed by atoms with van der Waals surface area (Å²) in [6.07, 6.45) is 5.99. The summed E-state index contributed by atoms with van der Waals surface area (Å²) in [7, 11) is 1.58.